The van der Waals surface area contributed by atoms with E-state index in [2.05, 4.69) is 30.9 Å². The van der Waals surface area contributed by atoms with Crippen molar-refractivity contribution in [3.05, 3.63) is 12.2 Å². The summed E-state index contributed by atoms with van der Waals surface area (Å²) in [5, 5.41) is 7.93. The van der Waals surface area contributed by atoms with E-state index >= 15 is 0 Å². The van der Waals surface area contributed by atoms with E-state index in [0.717, 1.165) is 64.0 Å². The van der Waals surface area contributed by atoms with E-state index in [-0.39, 0.29) is 11.5 Å². The van der Waals surface area contributed by atoms with Gasteiger partial charge in [-0.15, -0.1) is 0 Å². The van der Waals surface area contributed by atoms with Crippen LogP contribution in [0.5, 0.6) is 0 Å². The Morgan fingerprint density at radius 2 is 1.96 bits per heavy atom. The lowest BCUT2D eigenvalue weighted by atomic mass is 9.44. The Balaban J connectivity index is 1.35. The van der Waals surface area contributed by atoms with Crippen molar-refractivity contribution in [2.24, 2.45) is 39.7 Å². The summed E-state index contributed by atoms with van der Waals surface area (Å²) in [4.78, 5) is 18.5. The molecule has 1 N–H and O–H groups in total. The first-order chi connectivity index (χ1) is 13.4. The number of hydrogen-bond donors (Lipinski definition) is 1. The summed E-state index contributed by atoms with van der Waals surface area (Å²) in [5.74, 6) is 3.06. The van der Waals surface area contributed by atoms with Gasteiger partial charge in [0.2, 0.25) is 0 Å². The Bertz CT molecular complexity index is 709. The van der Waals surface area contributed by atoms with Crippen LogP contribution in [0.4, 0.5) is 0 Å². The quantitative estimate of drug-likeness (QED) is 0.563. The fourth-order valence-electron chi connectivity index (χ4n) is 7.77. The molecule has 1 saturated heterocycles. The predicted molar refractivity (Wildman–Crippen MR) is 111 cm³/mol. The van der Waals surface area contributed by atoms with Crippen molar-refractivity contribution in [1.29, 1.82) is 0 Å². The fourth-order valence-corrected chi connectivity index (χ4v) is 7.77. The first-order valence-electron chi connectivity index (χ1n) is 11.5. The molecular weight excluding hydrogens is 348 g/mol. The van der Waals surface area contributed by atoms with Crippen molar-refractivity contribution in [3.8, 4) is 0 Å². The SMILES string of the molecule is C=C1C[C@@H]2[C@H](CC[C@]3(C)C(=O)CC[C@@H]23)[C@@]2(C)CC/C(=N\O[C@@H]3CCNC3)CC12. The van der Waals surface area contributed by atoms with Gasteiger partial charge in [0.05, 0.1) is 5.71 Å². The molecule has 0 amide bonds. The van der Waals surface area contributed by atoms with Crippen LogP contribution in [0.25, 0.3) is 0 Å². The molecule has 4 nitrogen and oxygen atoms in total. The molecule has 1 heterocycles. The summed E-state index contributed by atoms with van der Waals surface area (Å²) in [5.41, 5.74) is 2.93. The van der Waals surface area contributed by atoms with Crippen LogP contribution in [0.3, 0.4) is 0 Å². The third-order valence-corrected chi connectivity index (χ3v) is 9.52. The monoisotopic (exact) mass is 384 g/mol. The van der Waals surface area contributed by atoms with Gasteiger partial charge in [0, 0.05) is 24.8 Å². The van der Waals surface area contributed by atoms with Crippen LogP contribution in [0, 0.1) is 34.5 Å². The van der Waals surface area contributed by atoms with Gasteiger partial charge in [-0.3, -0.25) is 4.79 Å². The first-order valence-corrected chi connectivity index (χ1v) is 11.5. The number of Topliss-reactive ketones (excluding diaryl/α,β-unsaturated/α-hetero) is 1. The van der Waals surface area contributed by atoms with Crippen LogP contribution >= 0.6 is 0 Å². The van der Waals surface area contributed by atoms with Crippen LogP contribution < -0.4 is 5.32 Å². The number of fused-ring (bicyclic) bond motifs is 5. The molecule has 4 aliphatic carbocycles. The minimum Gasteiger partial charge on any atom is -0.391 e. The molecule has 0 radical (unpaired) electrons. The second-order valence-corrected chi connectivity index (χ2v) is 10.8. The van der Waals surface area contributed by atoms with Crippen LogP contribution in [0.2, 0.25) is 0 Å². The second kappa shape index (κ2) is 6.68. The molecule has 0 aromatic heterocycles. The summed E-state index contributed by atoms with van der Waals surface area (Å²) >= 11 is 0. The maximum absolute atomic E-state index is 12.6. The van der Waals surface area contributed by atoms with E-state index in [1.807, 2.05) is 0 Å². The molecule has 4 saturated carbocycles. The molecular formula is C24H36N2O2. The average Bonchev–Trinajstić information content (AvgIpc) is 3.29. The van der Waals surface area contributed by atoms with E-state index in [1.54, 1.807) is 0 Å². The van der Waals surface area contributed by atoms with Crippen molar-refractivity contribution in [2.75, 3.05) is 13.1 Å². The highest BCUT2D eigenvalue weighted by molar-refractivity contribution is 5.87. The lowest BCUT2D eigenvalue weighted by Crippen LogP contribution is -2.54. The number of carbonyl (C=O) groups excluding carboxylic acids is 1. The van der Waals surface area contributed by atoms with Gasteiger partial charge in [0.25, 0.3) is 0 Å². The van der Waals surface area contributed by atoms with Gasteiger partial charge in [-0.2, -0.15) is 0 Å². The molecule has 0 bridgehead atoms. The fraction of sp³-hybridized carbons (Fsp3) is 0.833. The number of nitrogens with zero attached hydrogens (tertiary/aromatic N) is 1. The average molecular weight is 385 g/mol. The van der Waals surface area contributed by atoms with E-state index in [1.165, 1.54) is 24.1 Å². The van der Waals surface area contributed by atoms with Crippen LogP contribution in [0.15, 0.2) is 17.3 Å². The Kier molecular flexibility index (Phi) is 4.50. The number of nitrogens with one attached hydrogen (secondary N) is 1. The Morgan fingerprint density at radius 1 is 1.11 bits per heavy atom. The highest BCUT2D eigenvalue weighted by Crippen LogP contribution is 2.66. The van der Waals surface area contributed by atoms with Crippen LogP contribution in [0.1, 0.15) is 71.6 Å². The zero-order valence-corrected chi connectivity index (χ0v) is 17.6. The first kappa shape index (κ1) is 18.8. The van der Waals surface area contributed by atoms with E-state index < -0.39 is 0 Å². The molecule has 1 aliphatic heterocycles. The minimum absolute atomic E-state index is 0.0465. The van der Waals surface area contributed by atoms with Crippen molar-refractivity contribution in [1.82, 2.24) is 5.32 Å². The van der Waals surface area contributed by atoms with Gasteiger partial charge in [-0.25, -0.2) is 0 Å². The van der Waals surface area contributed by atoms with Gasteiger partial charge < -0.3 is 10.2 Å². The Hall–Kier alpha value is -1.16. The van der Waals surface area contributed by atoms with Gasteiger partial charge in [-0.1, -0.05) is 31.2 Å². The van der Waals surface area contributed by atoms with Crippen molar-refractivity contribution >= 4 is 11.5 Å². The maximum Gasteiger partial charge on any atom is 0.141 e. The van der Waals surface area contributed by atoms with Crippen molar-refractivity contribution < 1.29 is 9.63 Å². The molecule has 1 unspecified atom stereocenters. The van der Waals surface area contributed by atoms with Crippen LogP contribution in [-0.2, 0) is 9.63 Å². The predicted octanol–water partition coefficient (Wildman–Crippen LogP) is 4.50. The molecule has 5 aliphatic rings. The van der Waals surface area contributed by atoms with E-state index in [9.17, 15) is 4.79 Å². The highest BCUT2D eigenvalue weighted by Gasteiger charge is 2.60. The Labute approximate surface area is 169 Å². The lowest BCUT2D eigenvalue weighted by molar-refractivity contribution is -0.134. The number of ketones is 1. The van der Waals surface area contributed by atoms with E-state index in [0.29, 0.717) is 29.0 Å². The normalized spacial score (nSPS) is 49.6. The van der Waals surface area contributed by atoms with E-state index in [4.69, 9.17) is 4.84 Å². The van der Waals surface area contributed by atoms with Crippen LogP contribution in [-0.4, -0.2) is 30.7 Å². The number of carbonyl (C=O) groups is 1. The zero-order chi connectivity index (χ0) is 19.5. The zero-order valence-electron chi connectivity index (χ0n) is 17.6. The molecule has 154 valence electrons. The largest absolute Gasteiger partial charge is 0.391 e. The molecule has 0 aromatic carbocycles. The summed E-state index contributed by atoms with van der Waals surface area (Å²) in [6.45, 7) is 11.3. The lowest BCUT2D eigenvalue weighted by Gasteiger charge is -2.60. The minimum atomic E-state index is -0.0465. The molecule has 28 heavy (non-hydrogen) atoms. The summed E-state index contributed by atoms with van der Waals surface area (Å²) in [6, 6.07) is 0. The third kappa shape index (κ3) is 2.74. The smallest absolute Gasteiger partial charge is 0.141 e. The molecule has 0 spiro atoms. The number of rotatable bonds is 2. The number of allylic oxidation sites excluding steroid dienone is 1. The number of oxime groups is 1. The Morgan fingerprint density at radius 3 is 2.75 bits per heavy atom. The molecule has 5 fully saturated rings. The third-order valence-electron chi connectivity index (χ3n) is 9.52. The van der Waals surface area contributed by atoms with Gasteiger partial charge >= 0.3 is 0 Å². The molecule has 7 atom stereocenters. The molecule has 0 aromatic rings. The van der Waals surface area contributed by atoms with Gasteiger partial charge in [-0.05, 0) is 80.6 Å². The maximum atomic E-state index is 12.6. The topological polar surface area (TPSA) is 50.7 Å². The van der Waals surface area contributed by atoms with Crippen molar-refractivity contribution in [3.63, 3.8) is 0 Å². The summed E-state index contributed by atoms with van der Waals surface area (Å²) in [6.07, 6.45) is 9.96. The standard InChI is InChI=1S/C24H36N2O2/c1-15-12-18-19-4-5-22(27)24(19,3)10-7-20(18)23(2)9-6-16(13-21(15)23)26-28-17-8-11-25-14-17/h17-21,25H,1,4-14H2,2-3H3/b26-16+/t17-,18+,19+,20+,21?,23-,24+/m1/s1. The van der Waals surface area contributed by atoms with Gasteiger partial charge in [0.1, 0.15) is 11.9 Å². The molecule has 4 heteroatoms. The summed E-state index contributed by atoms with van der Waals surface area (Å²) in [7, 11) is 0. The molecule has 5 rings (SSSR count). The van der Waals surface area contributed by atoms with Crippen molar-refractivity contribution in [2.45, 2.75) is 77.7 Å². The second-order valence-electron chi connectivity index (χ2n) is 10.8. The number of hydrogen-bond acceptors (Lipinski definition) is 4. The van der Waals surface area contributed by atoms with Gasteiger partial charge in [0.15, 0.2) is 0 Å². The summed E-state index contributed by atoms with van der Waals surface area (Å²) < 4.78 is 0. The highest BCUT2D eigenvalue weighted by atomic mass is 16.6.